The third kappa shape index (κ3) is 3.07. The molecule has 1 aliphatic rings. The highest BCUT2D eigenvalue weighted by atomic mass is 15.3. The quantitative estimate of drug-likeness (QED) is 0.648. The van der Waals surface area contributed by atoms with Crippen LogP contribution < -0.4 is 0 Å². The Bertz CT molecular complexity index is 292. The van der Waals surface area contributed by atoms with Crippen LogP contribution in [0.4, 0.5) is 0 Å². The highest BCUT2D eigenvalue weighted by Gasteiger charge is 2.25. The van der Waals surface area contributed by atoms with E-state index in [9.17, 15) is 0 Å². The Balaban J connectivity index is 1.88. The van der Waals surface area contributed by atoms with Gasteiger partial charge in [-0.25, -0.2) is 0 Å². The van der Waals surface area contributed by atoms with E-state index in [2.05, 4.69) is 38.4 Å². The van der Waals surface area contributed by atoms with E-state index in [0.29, 0.717) is 0 Å². The molecule has 1 aliphatic heterocycles. The third-order valence-corrected chi connectivity index (χ3v) is 3.58. The van der Waals surface area contributed by atoms with Gasteiger partial charge in [0.05, 0.1) is 27.2 Å². The maximum absolute atomic E-state index is 3.16. The van der Waals surface area contributed by atoms with Crippen molar-refractivity contribution >= 4 is 0 Å². The molecule has 0 bridgehead atoms. The predicted molar refractivity (Wildman–Crippen MR) is 63.5 cm³/mol. The first-order valence-electron chi connectivity index (χ1n) is 5.93. The number of hydrogen-bond donors (Lipinski definition) is 0. The van der Waals surface area contributed by atoms with Gasteiger partial charge in [0.15, 0.2) is 0 Å². The van der Waals surface area contributed by atoms with E-state index in [1.165, 1.54) is 42.4 Å². The molecule has 1 aromatic rings. The summed E-state index contributed by atoms with van der Waals surface area (Å²) in [5.41, 5.74) is 1.45. The highest BCUT2D eigenvalue weighted by Crippen LogP contribution is 2.23. The minimum Gasteiger partial charge on any atom is -0.328 e. The zero-order valence-corrected chi connectivity index (χ0v) is 9.87. The van der Waals surface area contributed by atoms with Gasteiger partial charge in [-0.1, -0.05) is 24.3 Å². The Morgan fingerprint density at radius 3 is 2.67 bits per heavy atom. The normalized spacial score (nSPS) is 21.5. The summed E-state index contributed by atoms with van der Waals surface area (Å²) in [6, 6.07) is 11.6. The molecule has 0 aromatic heterocycles. The van der Waals surface area contributed by atoms with Crippen molar-refractivity contribution in [1.29, 1.82) is 0 Å². The summed E-state index contributed by atoms with van der Waals surface area (Å²) in [4.78, 5) is 0. The molecule has 0 amide bonds. The maximum Gasteiger partial charge on any atom is 0.0785 e. The van der Waals surface area contributed by atoms with Crippen molar-refractivity contribution in [1.82, 2.24) is 0 Å². The second kappa shape index (κ2) is 4.36. The molecule has 1 saturated heterocycles. The lowest BCUT2D eigenvalue weighted by Gasteiger charge is -2.37. The van der Waals surface area contributed by atoms with Crippen LogP contribution in [0.2, 0.25) is 0 Å². The Hall–Kier alpha value is -0.820. The largest absolute Gasteiger partial charge is 0.328 e. The Morgan fingerprint density at radius 2 is 2.07 bits per heavy atom. The van der Waals surface area contributed by atoms with E-state index >= 15 is 0 Å². The van der Waals surface area contributed by atoms with Gasteiger partial charge in [-0.2, -0.15) is 0 Å². The molecule has 1 heterocycles. The fourth-order valence-corrected chi connectivity index (χ4v) is 2.42. The molecule has 81 valence electrons. The summed E-state index contributed by atoms with van der Waals surface area (Å²) in [6.07, 6.45) is 4.00. The molecule has 1 nitrogen and oxygen atoms in total. The number of rotatable bonds is 2. The number of piperidine rings is 1. The van der Waals surface area contributed by atoms with E-state index in [-0.39, 0.29) is 0 Å². The molecule has 15 heavy (non-hydrogen) atoms. The van der Waals surface area contributed by atoms with E-state index < -0.39 is 0 Å². The highest BCUT2D eigenvalue weighted by molar-refractivity contribution is 5.14. The van der Waals surface area contributed by atoms with Crippen molar-refractivity contribution < 1.29 is 4.48 Å². The van der Waals surface area contributed by atoms with Crippen LogP contribution in [0.1, 0.15) is 18.4 Å². The number of nitrogens with zero attached hydrogens (tertiary/aromatic N) is 1. The summed E-state index contributed by atoms with van der Waals surface area (Å²) in [5, 5.41) is 0. The number of hydrogen-bond acceptors (Lipinski definition) is 0. The zero-order valence-electron chi connectivity index (χ0n) is 9.87. The fraction of sp³-hybridized carbons (Fsp3) is 0.571. The van der Waals surface area contributed by atoms with Crippen molar-refractivity contribution in [3.63, 3.8) is 0 Å². The van der Waals surface area contributed by atoms with Gasteiger partial charge in [-0.05, 0) is 36.8 Å². The van der Waals surface area contributed by atoms with Crippen molar-refractivity contribution in [2.45, 2.75) is 19.3 Å². The Morgan fingerprint density at radius 1 is 1.33 bits per heavy atom. The van der Waals surface area contributed by atoms with Crippen LogP contribution >= 0.6 is 0 Å². The van der Waals surface area contributed by atoms with Crippen LogP contribution in [0.5, 0.6) is 0 Å². The zero-order chi connectivity index (χ0) is 10.7. The molecule has 1 aromatic carbocycles. The van der Waals surface area contributed by atoms with Gasteiger partial charge in [-0.15, -0.1) is 0 Å². The SMILES string of the molecule is C[N+]1(C)CCC(Cc2c[c]ccc2)CC1. The van der Waals surface area contributed by atoms with E-state index in [1.54, 1.807) is 0 Å². The molecule has 0 unspecified atom stereocenters. The first-order valence-corrected chi connectivity index (χ1v) is 5.93. The lowest BCUT2D eigenvalue weighted by Crippen LogP contribution is -2.46. The van der Waals surface area contributed by atoms with E-state index in [1.807, 2.05) is 6.07 Å². The lowest BCUT2D eigenvalue weighted by molar-refractivity contribution is -0.896. The second-order valence-corrected chi connectivity index (χ2v) is 5.44. The number of quaternary nitrogens is 1. The Labute approximate surface area is 93.3 Å². The number of benzene rings is 1. The van der Waals surface area contributed by atoms with Crippen molar-refractivity contribution in [3.8, 4) is 0 Å². The van der Waals surface area contributed by atoms with E-state index in [4.69, 9.17) is 0 Å². The van der Waals surface area contributed by atoms with Crippen molar-refractivity contribution in [2.24, 2.45) is 5.92 Å². The molecular weight excluding hydrogens is 182 g/mol. The summed E-state index contributed by atoms with van der Waals surface area (Å²) >= 11 is 0. The first-order chi connectivity index (χ1) is 7.16. The van der Waals surface area contributed by atoms with Gasteiger partial charge in [0.25, 0.3) is 0 Å². The van der Waals surface area contributed by atoms with Crippen molar-refractivity contribution in [3.05, 3.63) is 35.9 Å². The average molecular weight is 203 g/mol. The maximum atomic E-state index is 3.16. The van der Waals surface area contributed by atoms with Crippen LogP contribution in [-0.4, -0.2) is 31.7 Å². The minimum absolute atomic E-state index is 0.895. The van der Waals surface area contributed by atoms with Crippen LogP contribution in [-0.2, 0) is 6.42 Å². The summed E-state index contributed by atoms with van der Waals surface area (Å²) in [7, 11) is 4.68. The fourth-order valence-electron chi connectivity index (χ4n) is 2.42. The molecule has 1 heteroatoms. The monoisotopic (exact) mass is 203 g/mol. The van der Waals surface area contributed by atoms with Gasteiger partial charge in [-0.3, -0.25) is 0 Å². The molecule has 2 rings (SSSR count). The predicted octanol–water partition coefficient (Wildman–Crippen LogP) is 2.52. The third-order valence-electron chi connectivity index (χ3n) is 3.58. The van der Waals surface area contributed by atoms with Crippen LogP contribution in [0.15, 0.2) is 24.3 Å². The summed E-state index contributed by atoms with van der Waals surface area (Å²) in [6.45, 7) is 2.67. The summed E-state index contributed by atoms with van der Waals surface area (Å²) in [5.74, 6) is 0.895. The van der Waals surface area contributed by atoms with Crippen LogP contribution in [0.3, 0.4) is 0 Å². The van der Waals surface area contributed by atoms with Gasteiger partial charge in [0, 0.05) is 0 Å². The van der Waals surface area contributed by atoms with E-state index in [0.717, 1.165) is 5.92 Å². The molecule has 1 fully saturated rings. The minimum atomic E-state index is 0.895. The first kappa shape index (κ1) is 10.7. The Kier molecular flexibility index (Phi) is 3.11. The summed E-state index contributed by atoms with van der Waals surface area (Å²) < 4.78 is 1.21. The van der Waals surface area contributed by atoms with Crippen LogP contribution in [0.25, 0.3) is 0 Å². The lowest BCUT2D eigenvalue weighted by atomic mass is 9.89. The standard InChI is InChI=1S/C14H21N/c1-15(2)10-8-14(9-11-15)12-13-6-4-3-5-7-13/h3-4,6-7,14H,8-12H2,1-2H3/q+1. The van der Waals surface area contributed by atoms with Crippen LogP contribution in [0, 0.1) is 12.0 Å². The molecular formula is C14H21N+. The average Bonchev–Trinajstić information content (AvgIpc) is 2.23. The smallest absolute Gasteiger partial charge is 0.0785 e. The molecule has 0 saturated carbocycles. The van der Waals surface area contributed by atoms with Gasteiger partial charge in [0.1, 0.15) is 0 Å². The molecule has 0 spiro atoms. The van der Waals surface area contributed by atoms with Gasteiger partial charge in [0.2, 0.25) is 0 Å². The second-order valence-electron chi connectivity index (χ2n) is 5.44. The molecule has 1 radical (unpaired) electrons. The van der Waals surface area contributed by atoms with Crippen molar-refractivity contribution in [2.75, 3.05) is 27.2 Å². The molecule has 0 atom stereocenters. The van der Waals surface area contributed by atoms with Gasteiger partial charge < -0.3 is 4.48 Å². The molecule has 0 aliphatic carbocycles. The van der Waals surface area contributed by atoms with Gasteiger partial charge >= 0.3 is 0 Å². The molecule has 0 N–H and O–H groups in total. The number of likely N-dealkylation sites (tertiary alicyclic amines) is 1. The topological polar surface area (TPSA) is 0 Å².